The lowest BCUT2D eigenvalue weighted by atomic mass is 10.2. The molecule has 0 radical (unpaired) electrons. The number of pyridine rings is 1. The Morgan fingerprint density at radius 1 is 1.50 bits per heavy atom. The Morgan fingerprint density at radius 3 is 3.11 bits per heavy atom. The second-order valence-corrected chi connectivity index (χ2v) is 4.62. The van der Waals surface area contributed by atoms with Gasteiger partial charge in [0.1, 0.15) is 17.0 Å². The molecule has 0 saturated carbocycles. The Morgan fingerprint density at radius 2 is 2.33 bits per heavy atom. The summed E-state index contributed by atoms with van der Waals surface area (Å²) >= 11 is 0. The van der Waals surface area contributed by atoms with Crippen molar-refractivity contribution in [2.75, 3.05) is 6.61 Å². The van der Waals surface area contributed by atoms with E-state index < -0.39 is 0 Å². The van der Waals surface area contributed by atoms with Crippen molar-refractivity contribution in [3.63, 3.8) is 0 Å². The van der Waals surface area contributed by atoms with Crippen LogP contribution in [0.5, 0.6) is 0 Å². The lowest BCUT2D eigenvalue weighted by Gasteiger charge is -2.15. The van der Waals surface area contributed by atoms with Crippen LogP contribution in [0.25, 0.3) is 22.1 Å². The molecule has 0 fully saturated rings. The first-order valence-electron chi connectivity index (χ1n) is 6.14. The summed E-state index contributed by atoms with van der Waals surface area (Å²) in [5.74, 6) is 0.960. The molecule has 1 atom stereocenters. The largest absolute Gasteiger partial charge is 0.396 e. The Bertz CT molecular complexity index is 697. The fraction of sp³-hybridized carbons (Fsp3) is 0.385. The molecule has 0 aliphatic rings. The van der Waals surface area contributed by atoms with Crippen LogP contribution in [-0.4, -0.2) is 31.2 Å². The van der Waals surface area contributed by atoms with E-state index in [-0.39, 0.29) is 12.6 Å². The van der Waals surface area contributed by atoms with Crippen molar-refractivity contribution in [2.45, 2.75) is 26.3 Å². The van der Waals surface area contributed by atoms with Gasteiger partial charge >= 0.3 is 0 Å². The number of rotatable bonds is 3. The maximum Gasteiger partial charge on any atom is 0.139 e. The predicted molar refractivity (Wildman–Crippen MR) is 70.5 cm³/mol. The van der Waals surface area contributed by atoms with Gasteiger partial charge in [-0.1, -0.05) is 0 Å². The molecule has 5 heteroatoms. The van der Waals surface area contributed by atoms with Gasteiger partial charge in [0.15, 0.2) is 0 Å². The predicted octanol–water partition coefficient (Wildman–Crippen LogP) is 2.16. The number of aliphatic hydroxyl groups is 1. The normalized spacial score (nSPS) is 13.5. The van der Waals surface area contributed by atoms with Crippen LogP contribution in [-0.2, 0) is 0 Å². The van der Waals surface area contributed by atoms with Crippen LogP contribution in [0.2, 0.25) is 0 Å². The zero-order chi connectivity index (χ0) is 12.7. The van der Waals surface area contributed by atoms with E-state index in [4.69, 9.17) is 5.11 Å². The molecule has 3 heterocycles. The number of aromatic nitrogens is 4. The molecule has 0 aliphatic carbocycles. The summed E-state index contributed by atoms with van der Waals surface area (Å²) in [5.41, 5.74) is 2.88. The number of aromatic amines is 1. The van der Waals surface area contributed by atoms with Gasteiger partial charge in [-0.25, -0.2) is 9.97 Å². The number of nitrogens with zero attached hydrogens (tertiary/aromatic N) is 3. The van der Waals surface area contributed by atoms with E-state index in [0.29, 0.717) is 0 Å². The summed E-state index contributed by atoms with van der Waals surface area (Å²) in [6, 6.07) is 2.24. The molecule has 0 amide bonds. The highest BCUT2D eigenvalue weighted by Gasteiger charge is 2.16. The van der Waals surface area contributed by atoms with E-state index in [2.05, 4.69) is 26.4 Å². The van der Waals surface area contributed by atoms with Crippen molar-refractivity contribution in [3.05, 3.63) is 24.3 Å². The van der Waals surface area contributed by atoms with Crippen LogP contribution in [0.4, 0.5) is 0 Å². The van der Waals surface area contributed by atoms with Crippen LogP contribution in [0, 0.1) is 6.92 Å². The van der Waals surface area contributed by atoms with Crippen molar-refractivity contribution in [3.8, 4) is 0 Å². The molecule has 94 valence electrons. The van der Waals surface area contributed by atoms with Gasteiger partial charge in [-0.15, -0.1) is 0 Å². The molecule has 5 nitrogen and oxygen atoms in total. The molecule has 18 heavy (non-hydrogen) atoms. The van der Waals surface area contributed by atoms with Crippen LogP contribution < -0.4 is 0 Å². The zero-order valence-electron chi connectivity index (χ0n) is 10.5. The third-order valence-corrected chi connectivity index (χ3v) is 3.40. The molecular weight excluding hydrogens is 228 g/mol. The van der Waals surface area contributed by atoms with Crippen molar-refractivity contribution < 1.29 is 5.11 Å². The van der Waals surface area contributed by atoms with Gasteiger partial charge in [0, 0.05) is 24.2 Å². The quantitative estimate of drug-likeness (QED) is 0.742. The topological polar surface area (TPSA) is 66.7 Å². The lowest BCUT2D eigenvalue weighted by Crippen LogP contribution is -2.08. The molecule has 3 rings (SSSR count). The average Bonchev–Trinajstić information content (AvgIpc) is 2.90. The first-order valence-corrected chi connectivity index (χ1v) is 6.14. The summed E-state index contributed by atoms with van der Waals surface area (Å²) in [4.78, 5) is 12.0. The summed E-state index contributed by atoms with van der Waals surface area (Å²) in [5, 5.41) is 10.2. The van der Waals surface area contributed by atoms with E-state index in [0.717, 1.165) is 34.3 Å². The van der Waals surface area contributed by atoms with E-state index in [1.54, 1.807) is 6.20 Å². The molecule has 1 unspecified atom stereocenters. The first kappa shape index (κ1) is 11.2. The second kappa shape index (κ2) is 4.10. The van der Waals surface area contributed by atoms with Crippen LogP contribution >= 0.6 is 0 Å². The molecule has 3 aromatic rings. The Hall–Kier alpha value is -1.88. The minimum Gasteiger partial charge on any atom is -0.396 e. The first-order chi connectivity index (χ1) is 8.72. The van der Waals surface area contributed by atoms with Crippen molar-refractivity contribution in [1.82, 2.24) is 19.5 Å². The van der Waals surface area contributed by atoms with Gasteiger partial charge in [0.2, 0.25) is 0 Å². The highest BCUT2D eigenvalue weighted by atomic mass is 16.3. The van der Waals surface area contributed by atoms with Crippen molar-refractivity contribution >= 4 is 22.1 Å². The van der Waals surface area contributed by atoms with Gasteiger partial charge in [-0.2, -0.15) is 0 Å². The van der Waals surface area contributed by atoms with Crippen molar-refractivity contribution in [1.29, 1.82) is 0 Å². The summed E-state index contributed by atoms with van der Waals surface area (Å²) in [6.45, 7) is 4.28. The minimum absolute atomic E-state index is 0.182. The van der Waals surface area contributed by atoms with Crippen molar-refractivity contribution in [2.24, 2.45) is 0 Å². The smallest absolute Gasteiger partial charge is 0.139 e. The standard InChI is InChI=1S/C13H16N4O/c1-8(4-6-18)17-9(2)16-11-7-15-13-10(12(11)17)3-5-14-13/h3,5,7-8,18H,4,6H2,1-2H3,(H,14,15). The number of aliphatic hydroxyl groups excluding tert-OH is 1. The Labute approximate surface area is 104 Å². The fourth-order valence-corrected chi connectivity index (χ4v) is 2.56. The second-order valence-electron chi connectivity index (χ2n) is 4.62. The van der Waals surface area contributed by atoms with Gasteiger partial charge in [0.25, 0.3) is 0 Å². The SMILES string of the molecule is Cc1nc2cnc3[nH]ccc3c2n1C(C)CCO. The van der Waals surface area contributed by atoms with E-state index in [9.17, 15) is 0 Å². The molecule has 0 aliphatic heterocycles. The third-order valence-electron chi connectivity index (χ3n) is 3.40. The molecule has 0 aromatic carbocycles. The highest BCUT2D eigenvalue weighted by molar-refractivity contribution is 6.01. The number of imidazole rings is 1. The molecule has 2 N–H and O–H groups in total. The molecular formula is C13H16N4O. The lowest BCUT2D eigenvalue weighted by molar-refractivity contribution is 0.263. The van der Waals surface area contributed by atoms with Crippen LogP contribution in [0.1, 0.15) is 25.2 Å². The molecule has 0 saturated heterocycles. The van der Waals surface area contributed by atoms with E-state index >= 15 is 0 Å². The number of hydrogen-bond acceptors (Lipinski definition) is 3. The van der Waals surface area contributed by atoms with E-state index in [1.807, 2.05) is 19.2 Å². The maximum absolute atomic E-state index is 9.12. The number of fused-ring (bicyclic) bond motifs is 3. The van der Waals surface area contributed by atoms with Gasteiger partial charge in [-0.05, 0) is 26.3 Å². The summed E-state index contributed by atoms with van der Waals surface area (Å²) in [6.07, 6.45) is 4.41. The summed E-state index contributed by atoms with van der Waals surface area (Å²) in [7, 11) is 0. The molecule has 0 spiro atoms. The van der Waals surface area contributed by atoms with Crippen LogP contribution in [0.3, 0.4) is 0 Å². The Balaban J connectivity index is 2.34. The van der Waals surface area contributed by atoms with Crippen LogP contribution in [0.15, 0.2) is 18.5 Å². The third kappa shape index (κ3) is 1.51. The fourth-order valence-electron chi connectivity index (χ4n) is 2.56. The monoisotopic (exact) mass is 244 g/mol. The van der Waals surface area contributed by atoms with E-state index in [1.165, 1.54) is 0 Å². The number of nitrogens with one attached hydrogen (secondary N) is 1. The van der Waals surface area contributed by atoms with Gasteiger partial charge in [0.05, 0.1) is 11.7 Å². The molecule has 0 bridgehead atoms. The Kier molecular flexibility index (Phi) is 2.56. The highest BCUT2D eigenvalue weighted by Crippen LogP contribution is 2.27. The average molecular weight is 244 g/mol. The van der Waals surface area contributed by atoms with Gasteiger partial charge < -0.3 is 14.7 Å². The molecule has 3 aromatic heterocycles. The van der Waals surface area contributed by atoms with Gasteiger partial charge in [-0.3, -0.25) is 0 Å². The summed E-state index contributed by atoms with van der Waals surface area (Å²) < 4.78 is 2.18. The number of hydrogen-bond donors (Lipinski definition) is 2. The number of H-pyrrole nitrogens is 1. The minimum atomic E-state index is 0.182. The zero-order valence-corrected chi connectivity index (χ0v) is 10.5. The number of aryl methyl sites for hydroxylation is 1. The maximum atomic E-state index is 9.12.